The molecule has 1 saturated heterocycles. The van der Waals surface area contributed by atoms with Gasteiger partial charge in [0.1, 0.15) is 31.0 Å². The Kier molecular flexibility index (Phi) is 27.8. The van der Waals surface area contributed by atoms with E-state index >= 15 is 0 Å². The van der Waals surface area contributed by atoms with Crippen LogP contribution in [-0.4, -0.2) is 87.6 Å². The molecule has 7 heteroatoms. The summed E-state index contributed by atoms with van der Waals surface area (Å²) >= 11 is 0. The monoisotopic (exact) mass is 456 g/mol. The fraction of sp³-hybridized carbons (Fsp3) is 0.958. The summed E-state index contributed by atoms with van der Waals surface area (Å²) in [6.07, 6.45) is 18.3. The van der Waals surface area contributed by atoms with E-state index in [0.29, 0.717) is 0 Å². The molecule has 0 amide bonds. The van der Waals surface area contributed by atoms with Crippen LogP contribution in [0.5, 0.6) is 0 Å². The van der Waals surface area contributed by atoms with Gasteiger partial charge in [0.2, 0.25) is 0 Å². The zero-order chi connectivity index (χ0) is 22.5. The van der Waals surface area contributed by atoms with Gasteiger partial charge in [0.25, 0.3) is 0 Å². The van der Waals surface area contributed by atoms with Gasteiger partial charge in [-0.2, -0.15) is 0 Å². The molecule has 31 heavy (non-hydrogen) atoms. The number of aliphatic hydroxyl groups excluding tert-OH is 4. The Morgan fingerprint density at radius 1 is 0.677 bits per heavy atom. The molecule has 1 fully saturated rings. The minimum absolute atomic E-state index is 0. The Bertz CT molecular complexity index is 334. The standard InChI is InChI=1S/C18H39N.C6H11O5.Na.H/c1-2-3-4-5-6-7-8-9-10-11-12-13-14-15-16-17-18-19;7-1-4-6(10)5(9)3(8)2-11-4;;/h2-19H2,1H3;2-10H,1H2;;/t;3-,4+,5+,6+;;/m.0../s1. The van der Waals surface area contributed by atoms with E-state index in [-0.39, 0.29) is 36.2 Å². The number of hydrogen-bond donors (Lipinski definition) is 5. The molecule has 0 unspecified atom stereocenters. The van der Waals surface area contributed by atoms with Crippen LogP contribution >= 0.6 is 0 Å². The number of ether oxygens (including phenoxy) is 1. The topological polar surface area (TPSA) is 116 Å². The van der Waals surface area contributed by atoms with E-state index in [1.165, 1.54) is 103 Å². The summed E-state index contributed by atoms with van der Waals surface area (Å²) < 4.78 is 4.69. The van der Waals surface area contributed by atoms with Gasteiger partial charge in [-0.1, -0.05) is 103 Å². The van der Waals surface area contributed by atoms with Gasteiger partial charge >= 0.3 is 29.6 Å². The summed E-state index contributed by atoms with van der Waals surface area (Å²) in [5.41, 5.74) is 5.48. The normalized spacial score (nSPS) is 23.0. The third-order valence-electron chi connectivity index (χ3n) is 5.71. The predicted molar refractivity (Wildman–Crippen MR) is 130 cm³/mol. The first-order valence-electron chi connectivity index (χ1n) is 12.4. The van der Waals surface area contributed by atoms with Crippen molar-refractivity contribution in [3.63, 3.8) is 0 Å². The number of aliphatic hydroxyl groups is 4. The molecule has 0 aromatic carbocycles. The number of rotatable bonds is 17. The Hall–Kier alpha value is 0.760. The van der Waals surface area contributed by atoms with Gasteiger partial charge in [-0.15, -0.1) is 0 Å². The second-order valence-corrected chi connectivity index (χ2v) is 8.56. The molecule has 0 aromatic rings. The Morgan fingerprint density at radius 3 is 1.42 bits per heavy atom. The second-order valence-electron chi connectivity index (χ2n) is 8.56. The van der Waals surface area contributed by atoms with E-state index in [9.17, 15) is 0 Å². The van der Waals surface area contributed by atoms with Crippen molar-refractivity contribution >= 4 is 29.6 Å². The number of nitrogens with two attached hydrogens (primary N) is 1. The van der Waals surface area contributed by atoms with Crippen molar-refractivity contribution in [1.29, 1.82) is 0 Å². The molecule has 1 aliphatic heterocycles. The van der Waals surface area contributed by atoms with Crippen LogP contribution in [0.3, 0.4) is 0 Å². The average molecular weight is 457 g/mol. The third kappa shape index (κ3) is 19.9. The molecule has 1 heterocycles. The molecular weight excluding hydrogens is 405 g/mol. The Labute approximate surface area is 213 Å². The summed E-state index contributed by atoms with van der Waals surface area (Å²) in [6.45, 7) is 3.77. The van der Waals surface area contributed by atoms with Crippen LogP contribution in [-0.2, 0) is 4.74 Å². The molecule has 0 spiro atoms. The van der Waals surface area contributed by atoms with Crippen LogP contribution < -0.4 is 5.73 Å². The van der Waals surface area contributed by atoms with E-state index < -0.39 is 24.4 Å². The summed E-state index contributed by atoms with van der Waals surface area (Å²) in [5.74, 6) is 0. The zero-order valence-electron chi connectivity index (χ0n) is 19.4. The number of unbranched alkanes of at least 4 members (excludes halogenated alkanes) is 15. The molecule has 0 saturated carbocycles. The molecule has 1 aliphatic rings. The van der Waals surface area contributed by atoms with Gasteiger partial charge in [-0.05, 0) is 13.0 Å². The van der Waals surface area contributed by atoms with Crippen molar-refractivity contribution in [2.24, 2.45) is 5.73 Å². The van der Waals surface area contributed by atoms with Crippen LogP contribution in [0.4, 0.5) is 0 Å². The van der Waals surface area contributed by atoms with E-state index in [1.54, 1.807) is 0 Å². The first-order valence-corrected chi connectivity index (χ1v) is 12.4. The minimum atomic E-state index is -1.28. The third-order valence-corrected chi connectivity index (χ3v) is 5.71. The molecule has 6 nitrogen and oxygen atoms in total. The molecule has 0 aliphatic carbocycles. The van der Waals surface area contributed by atoms with Crippen LogP contribution in [0, 0.1) is 6.61 Å². The molecule has 1 rings (SSSR count). The van der Waals surface area contributed by atoms with Crippen molar-refractivity contribution in [2.75, 3.05) is 13.2 Å². The molecule has 1 radical (unpaired) electrons. The van der Waals surface area contributed by atoms with Gasteiger partial charge in [0, 0.05) is 0 Å². The maximum atomic E-state index is 9.09. The summed E-state index contributed by atoms with van der Waals surface area (Å²) in [6, 6.07) is 0. The Morgan fingerprint density at radius 2 is 1.06 bits per heavy atom. The van der Waals surface area contributed by atoms with E-state index in [4.69, 9.17) is 26.2 Å². The average Bonchev–Trinajstić information content (AvgIpc) is 2.75. The van der Waals surface area contributed by atoms with Gasteiger partial charge < -0.3 is 30.9 Å². The molecular formula is C24H51NNaO5. The van der Waals surface area contributed by atoms with Crippen LogP contribution in [0.25, 0.3) is 0 Å². The van der Waals surface area contributed by atoms with Gasteiger partial charge in [0.05, 0.1) is 6.61 Å². The van der Waals surface area contributed by atoms with E-state index in [0.717, 1.165) is 13.2 Å². The molecule has 4 atom stereocenters. The molecule has 0 aromatic heterocycles. The van der Waals surface area contributed by atoms with Crippen molar-refractivity contribution < 1.29 is 25.2 Å². The maximum absolute atomic E-state index is 9.09. The second kappa shape index (κ2) is 25.4. The van der Waals surface area contributed by atoms with Gasteiger partial charge in [-0.3, -0.25) is 0 Å². The predicted octanol–water partition coefficient (Wildman–Crippen LogP) is 3.18. The number of hydrogen-bond acceptors (Lipinski definition) is 6. The van der Waals surface area contributed by atoms with Crippen molar-refractivity contribution in [1.82, 2.24) is 0 Å². The first-order chi connectivity index (χ1) is 14.6. The van der Waals surface area contributed by atoms with Gasteiger partial charge in [0.15, 0.2) is 0 Å². The van der Waals surface area contributed by atoms with Crippen LogP contribution in [0.1, 0.15) is 110 Å². The van der Waals surface area contributed by atoms with Crippen molar-refractivity contribution in [3.8, 4) is 0 Å². The molecule has 6 N–H and O–H groups in total. The zero-order valence-corrected chi connectivity index (χ0v) is 19.4. The van der Waals surface area contributed by atoms with Crippen LogP contribution in [0.2, 0.25) is 0 Å². The summed E-state index contributed by atoms with van der Waals surface area (Å²) in [5, 5.41) is 35.6. The molecule has 183 valence electrons. The van der Waals surface area contributed by atoms with Crippen molar-refractivity contribution in [3.05, 3.63) is 6.61 Å². The SMILES string of the molecule is CCCCCCCCCCCCCCCCCCN.OC[C@H]1O[CH][C@H](O)[C@@H](O)[C@@H]1O.[NaH]. The summed E-state index contributed by atoms with van der Waals surface area (Å²) in [7, 11) is 0. The van der Waals surface area contributed by atoms with E-state index in [1.807, 2.05) is 0 Å². The fourth-order valence-electron chi connectivity index (χ4n) is 3.61. The quantitative estimate of drug-likeness (QED) is 0.170. The van der Waals surface area contributed by atoms with Gasteiger partial charge in [-0.25, -0.2) is 0 Å². The Balaban J connectivity index is 0. The fourth-order valence-corrected chi connectivity index (χ4v) is 3.61. The van der Waals surface area contributed by atoms with E-state index in [2.05, 4.69) is 11.7 Å². The molecule has 0 bridgehead atoms. The summed E-state index contributed by atoms with van der Waals surface area (Å²) in [4.78, 5) is 0. The van der Waals surface area contributed by atoms with Crippen molar-refractivity contribution in [2.45, 2.75) is 134 Å². The first kappa shape index (κ1) is 33.9. The van der Waals surface area contributed by atoms with Crippen LogP contribution in [0.15, 0.2) is 0 Å².